The van der Waals surface area contributed by atoms with Crippen LogP contribution in [0.15, 0.2) is 53.6 Å². The van der Waals surface area contributed by atoms with Gasteiger partial charge < -0.3 is 8.85 Å². The van der Waals surface area contributed by atoms with Gasteiger partial charge in [0, 0.05) is 22.3 Å². The molecule has 2 aromatic carbocycles. The molecule has 0 aromatic heterocycles. The number of ketones is 2. The third-order valence-corrected chi connectivity index (χ3v) is 19.2. The van der Waals surface area contributed by atoms with Crippen molar-refractivity contribution in [3.63, 3.8) is 0 Å². The number of carbonyl (C=O) groups is 2. The van der Waals surface area contributed by atoms with E-state index in [4.69, 9.17) is 8.85 Å². The maximum atomic E-state index is 14.8. The van der Waals surface area contributed by atoms with Gasteiger partial charge >= 0.3 is 0 Å². The fourth-order valence-corrected chi connectivity index (χ4v) is 16.6. The summed E-state index contributed by atoms with van der Waals surface area (Å²) in [5.74, 6) is 1.05. The molecule has 0 aliphatic heterocycles. The monoisotopic (exact) mass is 630 g/mol. The van der Waals surface area contributed by atoms with Crippen LogP contribution in [0.4, 0.5) is 0 Å². The summed E-state index contributed by atoms with van der Waals surface area (Å²) in [5, 5.41) is 0. The summed E-state index contributed by atoms with van der Waals surface area (Å²) in [6.45, 7) is 15.5. The van der Waals surface area contributed by atoms with Crippen molar-refractivity contribution in [2.45, 2.75) is 130 Å². The average Bonchev–Trinajstić information content (AvgIpc) is 3.01. The van der Waals surface area contributed by atoms with Crippen molar-refractivity contribution < 1.29 is 18.4 Å². The van der Waals surface area contributed by atoms with E-state index in [1.54, 1.807) is 0 Å². The van der Waals surface area contributed by atoms with Crippen molar-refractivity contribution >= 4 is 39.7 Å². The van der Waals surface area contributed by atoms with E-state index in [0.29, 0.717) is 33.8 Å². The number of hydrogen-bond donors (Lipinski definition) is 0. The molecule has 0 radical (unpaired) electrons. The molecular formula is C38H54O4Si2. The Morgan fingerprint density at radius 1 is 0.500 bits per heavy atom. The molecule has 0 fully saturated rings. The molecule has 0 unspecified atom stereocenters. The summed E-state index contributed by atoms with van der Waals surface area (Å²) in [5.41, 5.74) is 4.79. The number of aryl methyl sites for hydroxylation is 1. The summed E-state index contributed by atoms with van der Waals surface area (Å²) < 4.78 is 14.8. The molecule has 2 aliphatic rings. The lowest BCUT2D eigenvalue weighted by Gasteiger charge is -2.39. The van der Waals surface area contributed by atoms with Gasteiger partial charge in [-0.05, 0) is 54.3 Å². The van der Waals surface area contributed by atoms with Crippen molar-refractivity contribution in [3.05, 3.63) is 81.4 Å². The van der Waals surface area contributed by atoms with Gasteiger partial charge in [-0.15, -0.1) is 0 Å². The molecule has 4 nitrogen and oxygen atoms in total. The summed E-state index contributed by atoms with van der Waals surface area (Å²) in [4.78, 5) is 29.4. The van der Waals surface area contributed by atoms with E-state index in [-0.39, 0.29) is 11.6 Å². The number of allylic oxidation sites excluding steroid dienone is 2. The molecule has 0 atom stereocenters. The fourth-order valence-electron chi connectivity index (χ4n) is 7.71. The second kappa shape index (κ2) is 15.1. The first kappa shape index (κ1) is 34.2. The lowest BCUT2D eigenvalue weighted by Crippen LogP contribution is -2.41. The molecule has 0 N–H and O–H groups in total. The molecule has 2 aliphatic carbocycles. The number of Topliss-reactive ketones (excluding diaryl/α,β-unsaturated/α-hetero) is 2. The molecule has 238 valence electrons. The second-order valence-corrected chi connectivity index (χ2v) is 21.1. The second-order valence-electron chi connectivity index (χ2n) is 12.9. The zero-order chi connectivity index (χ0) is 31.9. The van der Waals surface area contributed by atoms with E-state index >= 15 is 0 Å². The highest BCUT2D eigenvalue weighted by molar-refractivity contribution is 6.75. The standard InChI is InChI=1S/C38H54O4Si2/c1-8-21-43(22-9-2,23-10-3)41-37-30-18-16-15-17-29(30)35(39)33-34(37)36(40)32-27-28(14-7)19-20-31(32)38(33)42-44(24-11-4,25-12-5)26-13-6/h15-20,27H,8-14,21-26H2,1-7H3. The highest BCUT2D eigenvalue weighted by Gasteiger charge is 2.47. The molecule has 0 spiro atoms. The van der Waals surface area contributed by atoms with E-state index in [1.165, 1.54) is 0 Å². The Labute approximate surface area is 268 Å². The van der Waals surface area contributed by atoms with Gasteiger partial charge in [0.1, 0.15) is 11.5 Å². The predicted molar refractivity (Wildman–Crippen MR) is 189 cm³/mol. The third-order valence-electron chi connectivity index (χ3n) is 9.43. The van der Waals surface area contributed by atoms with Gasteiger partial charge in [0.15, 0.2) is 11.6 Å². The van der Waals surface area contributed by atoms with Crippen LogP contribution in [-0.4, -0.2) is 28.2 Å². The van der Waals surface area contributed by atoms with Crippen molar-refractivity contribution in [3.8, 4) is 0 Å². The van der Waals surface area contributed by atoms with E-state index in [2.05, 4.69) is 54.5 Å². The van der Waals surface area contributed by atoms with Gasteiger partial charge in [0.05, 0.1) is 11.1 Å². The molecular weight excluding hydrogens is 577 g/mol. The maximum Gasteiger partial charge on any atom is 0.251 e. The van der Waals surface area contributed by atoms with Crippen LogP contribution in [0.2, 0.25) is 36.3 Å². The Bertz CT molecular complexity index is 1390. The Kier molecular flexibility index (Phi) is 11.7. The van der Waals surface area contributed by atoms with Gasteiger partial charge in [0.25, 0.3) is 16.6 Å². The van der Waals surface area contributed by atoms with Gasteiger partial charge in [-0.2, -0.15) is 0 Å². The summed E-state index contributed by atoms with van der Waals surface area (Å²) in [6, 6.07) is 20.1. The summed E-state index contributed by atoms with van der Waals surface area (Å²) in [7, 11) is -4.55. The van der Waals surface area contributed by atoms with Gasteiger partial charge in [-0.25, -0.2) is 0 Å². The molecule has 0 amide bonds. The van der Waals surface area contributed by atoms with Crippen LogP contribution >= 0.6 is 0 Å². The molecule has 0 saturated heterocycles. The van der Waals surface area contributed by atoms with Crippen LogP contribution in [0.25, 0.3) is 11.5 Å². The first-order valence-corrected chi connectivity index (χ1v) is 22.5. The molecule has 4 rings (SSSR count). The first-order chi connectivity index (χ1) is 21.3. The number of benzene rings is 2. The normalized spacial score (nSPS) is 14.9. The van der Waals surface area contributed by atoms with Crippen molar-refractivity contribution in [1.29, 1.82) is 0 Å². The van der Waals surface area contributed by atoms with Crippen molar-refractivity contribution in [2.75, 3.05) is 0 Å². The number of rotatable bonds is 17. The van der Waals surface area contributed by atoms with Crippen LogP contribution in [0, 0.1) is 0 Å². The number of hydrogen-bond acceptors (Lipinski definition) is 4. The van der Waals surface area contributed by atoms with Crippen LogP contribution < -0.4 is 0 Å². The molecule has 2 aromatic rings. The Morgan fingerprint density at radius 2 is 0.886 bits per heavy atom. The van der Waals surface area contributed by atoms with Crippen molar-refractivity contribution in [2.24, 2.45) is 0 Å². The number of fused-ring (bicyclic) bond motifs is 3. The lowest BCUT2D eigenvalue weighted by molar-refractivity contribution is 0.0988. The highest BCUT2D eigenvalue weighted by atomic mass is 28.4. The van der Waals surface area contributed by atoms with Crippen LogP contribution in [0.3, 0.4) is 0 Å². The third kappa shape index (κ3) is 6.62. The smallest absolute Gasteiger partial charge is 0.251 e. The lowest BCUT2D eigenvalue weighted by atomic mass is 9.76. The Morgan fingerprint density at radius 3 is 1.30 bits per heavy atom. The summed E-state index contributed by atoms with van der Waals surface area (Å²) in [6.07, 6.45) is 7.09. The van der Waals surface area contributed by atoms with Crippen LogP contribution in [0.5, 0.6) is 0 Å². The van der Waals surface area contributed by atoms with Gasteiger partial charge in [-0.1, -0.05) is 123 Å². The maximum absolute atomic E-state index is 14.8. The van der Waals surface area contributed by atoms with Crippen LogP contribution in [-0.2, 0) is 15.3 Å². The topological polar surface area (TPSA) is 52.6 Å². The minimum Gasteiger partial charge on any atom is -0.543 e. The van der Waals surface area contributed by atoms with E-state index in [0.717, 1.165) is 97.9 Å². The average molecular weight is 631 g/mol. The largest absolute Gasteiger partial charge is 0.543 e. The van der Waals surface area contributed by atoms with E-state index in [9.17, 15) is 9.59 Å². The number of carbonyl (C=O) groups excluding carboxylic acids is 2. The zero-order valence-corrected chi connectivity index (χ0v) is 30.4. The Balaban J connectivity index is 2.11. The molecule has 44 heavy (non-hydrogen) atoms. The summed E-state index contributed by atoms with van der Waals surface area (Å²) >= 11 is 0. The first-order valence-electron chi connectivity index (χ1n) is 17.5. The minimum absolute atomic E-state index is 0.100. The zero-order valence-electron chi connectivity index (χ0n) is 28.4. The molecule has 0 saturated carbocycles. The fraction of sp³-hybridized carbons (Fsp3) is 0.526. The molecule has 0 bridgehead atoms. The minimum atomic E-state index is -2.28. The van der Waals surface area contributed by atoms with Crippen molar-refractivity contribution in [1.82, 2.24) is 0 Å². The van der Waals surface area contributed by atoms with Crippen LogP contribution in [0.1, 0.15) is 124 Å². The van der Waals surface area contributed by atoms with E-state index < -0.39 is 16.6 Å². The predicted octanol–water partition coefficient (Wildman–Crippen LogP) is 11.1. The van der Waals surface area contributed by atoms with E-state index in [1.807, 2.05) is 36.4 Å². The molecule has 0 heterocycles. The van der Waals surface area contributed by atoms with Gasteiger partial charge in [-0.3, -0.25) is 9.59 Å². The highest BCUT2D eigenvalue weighted by Crippen LogP contribution is 2.48. The molecule has 6 heteroatoms. The quantitative estimate of drug-likeness (QED) is 0.163. The SMILES string of the molecule is CCC[Si](CCC)(CCC)OC1=C2C(=O)c3cc(CC)ccc3C(O[Si](CCC)(CCC)CCC)=C2C(=O)c2ccccc21. The Hall–Kier alpha value is -2.71. The van der Waals surface area contributed by atoms with Gasteiger partial charge in [0.2, 0.25) is 0 Å².